The molecule has 118 valence electrons. The maximum absolute atomic E-state index is 5.36. The lowest BCUT2D eigenvalue weighted by atomic mass is 10.1. The number of nitrogens with zero attached hydrogens (tertiary/aromatic N) is 3. The highest BCUT2D eigenvalue weighted by molar-refractivity contribution is 6.05. The van der Waals surface area contributed by atoms with E-state index in [2.05, 4.69) is 50.7 Å². The quantitative estimate of drug-likeness (QED) is 0.751. The molecule has 0 saturated carbocycles. The predicted octanol–water partition coefficient (Wildman–Crippen LogP) is 2.53. The van der Waals surface area contributed by atoms with Crippen LogP contribution in [0.4, 0.5) is 5.82 Å². The zero-order valence-corrected chi connectivity index (χ0v) is 13.0. The first-order valence-corrected chi connectivity index (χ1v) is 8.09. The number of hydrogen-bond donors (Lipinski definition) is 1. The summed E-state index contributed by atoms with van der Waals surface area (Å²) in [5.41, 5.74) is 0.960. The van der Waals surface area contributed by atoms with Crippen molar-refractivity contribution in [3.63, 3.8) is 0 Å². The summed E-state index contributed by atoms with van der Waals surface area (Å²) in [5.74, 6) is 0.834. The standard InChI is InChI=1S/C18H20N4O/c1-2-4-16-14(3-1)5-6-15-13-17(20-21-18(15)16)19-7-8-22-9-11-23-12-10-22/h1-6,13H,7-12H2,(H,19,20). The van der Waals surface area contributed by atoms with E-state index in [1.807, 2.05) is 12.1 Å². The second-order valence-electron chi connectivity index (χ2n) is 5.83. The predicted molar refractivity (Wildman–Crippen MR) is 92.8 cm³/mol. The van der Waals surface area contributed by atoms with Crippen LogP contribution in [0.15, 0.2) is 42.5 Å². The minimum atomic E-state index is 0.834. The van der Waals surface area contributed by atoms with Gasteiger partial charge in [-0.05, 0) is 11.5 Å². The molecule has 2 heterocycles. The highest BCUT2D eigenvalue weighted by atomic mass is 16.5. The highest BCUT2D eigenvalue weighted by Gasteiger charge is 2.09. The summed E-state index contributed by atoms with van der Waals surface area (Å²) in [5, 5.41) is 15.6. The summed E-state index contributed by atoms with van der Waals surface area (Å²) in [6.07, 6.45) is 0. The number of aromatic nitrogens is 2. The third kappa shape index (κ3) is 3.11. The first-order valence-electron chi connectivity index (χ1n) is 8.09. The second-order valence-corrected chi connectivity index (χ2v) is 5.83. The average molecular weight is 308 g/mol. The van der Waals surface area contributed by atoms with Crippen molar-refractivity contribution < 1.29 is 4.74 Å². The van der Waals surface area contributed by atoms with Crippen molar-refractivity contribution in [2.45, 2.75) is 0 Å². The van der Waals surface area contributed by atoms with Gasteiger partial charge < -0.3 is 10.1 Å². The highest BCUT2D eigenvalue weighted by Crippen LogP contribution is 2.24. The molecule has 0 bridgehead atoms. The Morgan fingerprint density at radius 2 is 1.83 bits per heavy atom. The van der Waals surface area contributed by atoms with Crippen molar-refractivity contribution in [2.75, 3.05) is 44.7 Å². The van der Waals surface area contributed by atoms with Crippen molar-refractivity contribution >= 4 is 27.5 Å². The van der Waals surface area contributed by atoms with Gasteiger partial charge >= 0.3 is 0 Å². The zero-order chi connectivity index (χ0) is 15.5. The lowest BCUT2D eigenvalue weighted by molar-refractivity contribution is 0.0398. The third-order valence-electron chi connectivity index (χ3n) is 4.32. The van der Waals surface area contributed by atoms with E-state index in [4.69, 9.17) is 4.74 Å². The Morgan fingerprint density at radius 1 is 1.00 bits per heavy atom. The van der Waals surface area contributed by atoms with Gasteiger partial charge in [0.15, 0.2) is 0 Å². The Kier molecular flexibility index (Phi) is 4.05. The summed E-state index contributed by atoms with van der Waals surface area (Å²) in [7, 11) is 0. The van der Waals surface area contributed by atoms with Crippen LogP contribution in [0.2, 0.25) is 0 Å². The lowest BCUT2D eigenvalue weighted by Crippen LogP contribution is -2.39. The van der Waals surface area contributed by atoms with Gasteiger partial charge in [0, 0.05) is 37.0 Å². The normalized spacial score (nSPS) is 16.0. The molecular weight excluding hydrogens is 288 g/mol. The average Bonchev–Trinajstić information content (AvgIpc) is 2.62. The number of fused-ring (bicyclic) bond motifs is 3. The van der Waals surface area contributed by atoms with Crippen molar-refractivity contribution in [1.29, 1.82) is 0 Å². The molecule has 1 aromatic heterocycles. The number of rotatable bonds is 4. The molecule has 1 aliphatic heterocycles. The van der Waals surface area contributed by atoms with Gasteiger partial charge in [0.25, 0.3) is 0 Å². The van der Waals surface area contributed by atoms with Crippen molar-refractivity contribution in [3.8, 4) is 0 Å². The summed E-state index contributed by atoms with van der Waals surface area (Å²) in [4.78, 5) is 2.40. The van der Waals surface area contributed by atoms with E-state index in [1.165, 1.54) is 5.39 Å². The van der Waals surface area contributed by atoms with Crippen molar-refractivity contribution in [3.05, 3.63) is 42.5 Å². The number of benzene rings is 2. The number of hydrogen-bond acceptors (Lipinski definition) is 5. The first-order chi connectivity index (χ1) is 11.4. The molecule has 1 N–H and O–H groups in total. The Balaban J connectivity index is 1.49. The van der Waals surface area contributed by atoms with Gasteiger partial charge in [-0.25, -0.2) is 0 Å². The van der Waals surface area contributed by atoms with Gasteiger partial charge in [-0.1, -0.05) is 36.4 Å². The van der Waals surface area contributed by atoms with Gasteiger partial charge in [-0.2, -0.15) is 0 Å². The molecule has 1 aliphatic rings. The third-order valence-corrected chi connectivity index (χ3v) is 4.32. The van der Waals surface area contributed by atoms with E-state index in [0.717, 1.165) is 61.5 Å². The molecule has 1 saturated heterocycles. The Morgan fingerprint density at radius 3 is 2.74 bits per heavy atom. The minimum Gasteiger partial charge on any atom is -0.379 e. The molecular formula is C18H20N4O. The lowest BCUT2D eigenvalue weighted by Gasteiger charge is -2.26. The fourth-order valence-corrected chi connectivity index (χ4v) is 3.03. The summed E-state index contributed by atoms with van der Waals surface area (Å²) >= 11 is 0. The number of nitrogens with one attached hydrogen (secondary N) is 1. The Labute approximate surface area is 135 Å². The number of morpholine rings is 1. The van der Waals surface area contributed by atoms with Crippen molar-refractivity contribution in [1.82, 2.24) is 15.1 Å². The maximum Gasteiger partial charge on any atom is 0.149 e. The molecule has 5 heteroatoms. The van der Waals surface area contributed by atoms with Crippen LogP contribution in [0.1, 0.15) is 0 Å². The van der Waals surface area contributed by atoms with Crippen LogP contribution in [-0.2, 0) is 4.74 Å². The molecule has 23 heavy (non-hydrogen) atoms. The summed E-state index contributed by atoms with van der Waals surface area (Å²) in [6, 6.07) is 14.6. The molecule has 0 amide bonds. The van der Waals surface area contributed by atoms with Crippen molar-refractivity contribution in [2.24, 2.45) is 0 Å². The molecule has 0 spiro atoms. The second kappa shape index (κ2) is 6.48. The molecule has 0 radical (unpaired) electrons. The number of anilines is 1. The topological polar surface area (TPSA) is 50.3 Å². The Hall–Kier alpha value is -2.24. The largest absolute Gasteiger partial charge is 0.379 e. The molecule has 1 fully saturated rings. The smallest absolute Gasteiger partial charge is 0.149 e. The fraction of sp³-hybridized carbons (Fsp3) is 0.333. The van der Waals surface area contributed by atoms with Crippen LogP contribution in [0, 0.1) is 0 Å². The molecule has 5 nitrogen and oxygen atoms in total. The summed E-state index contributed by atoms with van der Waals surface area (Å²) in [6.45, 7) is 5.56. The zero-order valence-electron chi connectivity index (χ0n) is 13.0. The first kappa shape index (κ1) is 14.4. The molecule has 2 aromatic carbocycles. The van der Waals surface area contributed by atoms with Crippen LogP contribution >= 0.6 is 0 Å². The van der Waals surface area contributed by atoms with Crippen LogP contribution in [0.5, 0.6) is 0 Å². The number of ether oxygens (including phenoxy) is 1. The van der Waals surface area contributed by atoms with Gasteiger partial charge in [-0.3, -0.25) is 4.90 Å². The monoisotopic (exact) mass is 308 g/mol. The molecule has 0 atom stereocenters. The van der Waals surface area contributed by atoms with Gasteiger partial charge in [0.05, 0.1) is 13.2 Å². The van der Waals surface area contributed by atoms with Crippen LogP contribution in [-0.4, -0.2) is 54.5 Å². The van der Waals surface area contributed by atoms with E-state index >= 15 is 0 Å². The van der Waals surface area contributed by atoms with Gasteiger partial charge in [-0.15, -0.1) is 10.2 Å². The SMILES string of the molecule is c1ccc2c(c1)ccc1cc(NCCN3CCOCC3)nnc12. The van der Waals surface area contributed by atoms with E-state index in [1.54, 1.807) is 0 Å². The van der Waals surface area contributed by atoms with Crippen LogP contribution < -0.4 is 5.32 Å². The molecule has 4 rings (SSSR count). The van der Waals surface area contributed by atoms with E-state index in [0.29, 0.717) is 0 Å². The minimum absolute atomic E-state index is 0.834. The van der Waals surface area contributed by atoms with Crippen LogP contribution in [0.25, 0.3) is 21.7 Å². The van der Waals surface area contributed by atoms with E-state index < -0.39 is 0 Å². The molecule has 3 aromatic rings. The maximum atomic E-state index is 5.36. The van der Waals surface area contributed by atoms with Gasteiger partial charge in [0.2, 0.25) is 0 Å². The summed E-state index contributed by atoms with van der Waals surface area (Å²) < 4.78 is 5.36. The van der Waals surface area contributed by atoms with Crippen LogP contribution in [0.3, 0.4) is 0 Å². The Bertz CT molecular complexity index is 814. The molecule has 0 unspecified atom stereocenters. The van der Waals surface area contributed by atoms with E-state index in [-0.39, 0.29) is 0 Å². The van der Waals surface area contributed by atoms with E-state index in [9.17, 15) is 0 Å². The molecule has 0 aliphatic carbocycles. The van der Waals surface area contributed by atoms with Gasteiger partial charge in [0.1, 0.15) is 11.3 Å². The fourth-order valence-electron chi connectivity index (χ4n) is 3.03.